The maximum absolute atomic E-state index is 12.0. The summed E-state index contributed by atoms with van der Waals surface area (Å²) >= 11 is 0. The number of carbonyl (C=O) groups excluding carboxylic acids is 1. The van der Waals surface area contributed by atoms with Gasteiger partial charge in [-0.3, -0.25) is 4.79 Å². The van der Waals surface area contributed by atoms with Gasteiger partial charge in [-0.05, 0) is 30.7 Å². The van der Waals surface area contributed by atoms with Gasteiger partial charge in [0.1, 0.15) is 6.61 Å². The van der Waals surface area contributed by atoms with Crippen LogP contribution in [0.2, 0.25) is 0 Å². The standard InChI is InChI=1S/C16H17N3O2/c1-13-11-15(5-4-14(13)3-2-10-20)16(21)18-7-9-19-8-6-17-12-19/h4-6,8,11-12,20H,7,9-10H2,1H3,(H,18,21). The smallest absolute Gasteiger partial charge is 0.251 e. The first-order valence-corrected chi connectivity index (χ1v) is 6.65. The van der Waals surface area contributed by atoms with Crippen molar-refractivity contribution in [1.29, 1.82) is 0 Å². The number of nitrogens with zero attached hydrogens (tertiary/aromatic N) is 2. The molecule has 0 fully saturated rings. The molecule has 1 aromatic carbocycles. The number of hydrogen-bond donors (Lipinski definition) is 2. The number of imidazole rings is 1. The van der Waals surface area contributed by atoms with E-state index in [1.165, 1.54) is 0 Å². The number of aromatic nitrogens is 2. The highest BCUT2D eigenvalue weighted by atomic mass is 16.2. The quantitative estimate of drug-likeness (QED) is 0.822. The molecule has 0 aliphatic rings. The van der Waals surface area contributed by atoms with Crippen LogP contribution >= 0.6 is 0 Å². The lowest BCUT2D eigenvalue weighted by atomic mass is 10.0. The van der Waals surface area contributed by atoms with Crippen molar-refractivity contribution < 1.29 is 9.90 Å². The van der Waals surface area contributed by atoms with Gasteiger partial charge in [-0.2, -0.15) is 0 Å². The summed E-state index contributed by atoms with van der Waals surface area (Å²) < 4.78 is 1.90. The molecule has 0 bridgehead atoms. The Morgan fingerprint density at radius 1 is 1.48 bits per heavy atom. The van der Waals surface area contributed by atoms with Gasteiger partial charge in [0.2, 0.25) is 0 Å². The summed E-state index contributed by atoms with van der Waals surface area (Å²) in [5, 5.41) is 11.6. The number of aryl methyl sites for hydroxylation is 1. The first-order chi connectivity index (χ1) is 10.2. The van der Waals surface area contributed by atoms with Gasteiger partial charge in [-0.1, -0.05) is 11.8 Å². The van der Waals surface area contributed by atoms with Crippen molar-refractivity contribution in [2.24, 2.45) is 0 Å². The number of nitrogens with one attached hydrogen (secondary N) is 1. The highest BCUT2D eigenvalue weighted by molar-refractivity contribution is 5.94. The molecular weight excluding hydrogens is 266 g/mol. The van der Waals surface area contributed by atoms with Gasteiger partial charge in [-0.15, -0.1) is 0 Å². The van der Waals surface area contributed by atoms with Crippen molar-refractivity contribution in [3.05, 3.63) is 53.6 Å². The van der Waals surface area contributed by atoms with Gasteiger partial charge in [0.25, 0.3) is 5.91 Å². The van der Waals surface area contributed by atoms with Gasteiger partial charge in [0.05, 0.1) is 6.33 Å². The highest BCUT2D eigenvalue weighted by Crippen LogP contribution is 2.10. The van der Waals surface area contributed by atoms with Crippen LogP contribution in [0.4, 0.5) is 0 Å². The minimum atomic E-state index is -0.171. The third kappa shape index (κ3) is 4.20. The van der Waals surface area contributed by atoms with Gasteiger partial charge < -0.3 is 15.0 Å². The van der Waals surface area contributed by atoms with E-state index in [9.17, 15) is 4.79 Å². The second-order valence-corrected chi connectivity index (χ2v) is 4.55. The number of hydrogen-bond acceptors (Lipinski definition) is 3. The molecule has 2 rings (SSSR count). The third-order valence-electron chi connectivity index (χ3n) is 3.01. The van der Waals surface area contributed by atoms with E-state index in [2.05, 4.69) is 22.1 Å². The fraction of sp³-hybridized carbons (Fsp3) is 0.250. The van der Waals surface area contributed by atoms with Crippen molar-refractivity contribution in [2.75, 3.05) is 13.2 Å². The molecule has 5 nitrogen and oxygen atoms in total. The molecule has 108 valence electrons. The molecule has 0 saturated heterocycles. The summed E-state index contributed by atoms with van der Waals surface area (Å²) in [5.74, 6) is 5.34. The van der Waals surface area contributed by atoms with E-state index >= 15 is 0 Å². The Morgan fingerprint density at radius 2 is 2.33 bits per heavy atom. The van der Waals surface area contributed by atoms with E-state index in [0.29, 0.717) is 18.7 Å². The molecule has 0 saturated carbocycles. The van der Waals surface area contributed by atoms with Crippen molar-refractivity contribution >= 4 is 5.91 Å². The summed E-state index contributed by atoms with van der Waals surface area (Å²) in [7, 11) is 0. The van der Waals surface area contributed by atoms with Gasteiger partial charge in [-0.25, -0.2) is 4.98 Å². The summed E-state index contributed by atoms with van der Waals surface area (Å²) in [6.07, 6.45) is 5.27. The largest absolute Gasteiger partial charge is 0.384 e. The summed E-state index contributed by atoms with van der Waals surface area (Å²) in [5.41, 5.74) is 2.34. The average Bonchev–Trinajstić information content (AvgIpc) is 2.99. The maximum Gasteiger partial charge on any atom is 0.251 e. The zero-order chi connectivity index (χ0) is 15.1. The summed E-state index contributed by atoms with van der Waals surface area (Å²) in [4.78, 5) is 16.0. The van der Waals surface area contributed by atoms with E-state index in [0.717, 1.165) is 11.1 Å². The van der Waals surface area contributed by atoms with Crippen LogP contribution in [0, 0.1) is 18.8 Å². The second-order valence-electron chi connectivity index (χ2n) is 4.55. The molecule has 2 aromatic rings. The lowest BCUT2D eigenvalue weighted by Crippen LogP contribution is -2.27. The molecular formula is C16H17N3O2. The number of benzene rings is 1. The predicted molar refractivity (Wildman–Crippen MR) is 79.7 cm³/mol. The van der Waals surface area contributed by atoms with Crippen LogP contribution in [-0.4, -0.2) is 33.7 Å². The molecule has 21 heavy (non-hydrogen) atoms. The third-order valence-corrected chi connectivity index (χ3v) is 3.01. The van der Waals surface area contributed by atoms with Crippen molar-refractivity contribution in [2.45, 2.75) is 13.5 Å². The zero-order valence-corrected chi connectivity index (χ0v) is 11.8. The van der Waals surface area contributed by atoms with E-state index in [4.69, 9.17) is 5.11 Å². The van der Waals surface area contributed by atoms with Crippen LogP contribution in [-0.2, 0) is 6.54 Å². The molecule has 1 amide bonds. The molecule has 0 spiro atoms. The Morgan fingerprint density at radius 3 is 3.00 bits per heavy atom. The van der Waals surface area contributed by atoms with Crippen molar-refractivity contribution in [1.82, 2.24) is 14.9 Å². The zero-order valence-electron chi connectivity index (χ0n) is 11.8. The molecule has 2 N–H and O–H groups in total. The van der Waals surface area contributed by atoms with E-state index in [1.807, 2.05) is 17.7 Å². The number of rotatable bonds is 4. The van der Waals surface area contributed by atoms with E-state index < -0.39 is 0 Å². The first kappa shape index (κ1) is 14.8. The van der Waals surface area contributed by atoms with E-state index in [-0.39, 0.29) is 12.5 Å². The normalized spacial score (nSPS) is 9.81. The fourth-order valence-corrected chi connectivity index (χ4v) is 1.90. The lowest BCUT2D eigenvalue weighted by Gasteiger charge is -2.07. The Labute approximate surface area is 123 Å². The van der Waals surface area contributed by atoms with Crippen molar-refractivity contribution in [3.63, 3.8) is 0 Å². The Bertz CT molecular complexity index is 667. The fourth-order valence-electron chi connectivity index (χ4n) is 1.90. The van der Waals surface area contributed by atoms with Crippen LogP contribution in [0.15, 0.2) is 36.9 Å². The van der Waals surface area contributed by atoms with Crippen LogP contribution in [0.25, 0.3) is 0 Å². The molecule has 0 radical (unpaired) electrons. The Kier molecular flexibility index (Phi) is 5.13. The summed E-state index contributed by atoms with van der Waals surface area (Å²) in [6.45, 7) is 2.95. The molecule has 0 unspecified atom stereocenters. The molecule has 0 atom stereocenters. The number of aliphatic hydroxyl groups excluding tert-OH is 1. The van der Waals surface area contributed by atoms with Crippen LogP contribution in [0.5, 0.6) is 0 Å². The Balaban J connectivity index is 1.94. The average molecular weight is 283 g/mol. The predicted octanol–water partition coefficient (Wildman–Crippen LogP) is 0.965. The van der Waals surface area contributed by atoms with E-state index in [1.54, 1.807) is 30.7 Å². The maximum atomic E-state index is 12.0. The lowest BCUT2D eigenvalue weighted by molar-refractivity contribution is 0.0952. The van der Waals surface area contributed by atoms with Crippen molar-refractivity contribution in [3.8, 4) is 11.8 Å². The number of aliphatic hydroxyl groups is 1. The monoisotopic (exact) mass is 283 g/mol. The Hall–Kier alpha value is -2.58. The molecule has 1 heterocycles. The molecule has 5 heteroatoms. The van der Waals surface area contributed by atoms with Crippen LogP contribution < -0.4 is 5.32 Å². The number of carbonyl (C=O) groups is 1. The topological polar surface area (TPSA) is 67.2 Å². The minimum absolute atomic E-state index is 0.111. The highest BCUT2D eigenvalue weighted by Gasteiger charge is 2.06. The van der Waals surface area contributed by atoms with Crippen LogP contribution in [0.1, 0.15) is 21.5 Å². The van der Waals surface area contributed by atoms with Crippen LogP contribution in [0.3, 0.4) is 0 Å². The SMILES string of the molecule is Cc1cc(C(=O)NCCn2ccnc2)ccc1C#CCO. The van der Waals surface area contributed by atoms with Gasteiger partial charge >= 0.3 is 0 Å². The summed E-state index contributed by atoms with van der Waals surface area (Å²) in [6, 6.07) is 5.33. The molecule has 1 aromatic heterocycles. The first-order valence-electron chi connectivity index (χ1n) is 6.65. The molecule has 0 aliphatic carbocycles. The molecule has 0 aliphatic heterocycles. The van der Waals surface area contributed by atoms with Gasteiger partial charge in [0.15, 0.2) is 0 Å². The number of amides is 1. The minimum Gasteiger partial charge on any atom is -0.384 e. The second kappa shape index (κ2) is 7.27. The van der Waals surface area contributed by atoms with Gasteiger partial charge in [0, 0.05) is 36.6 Å².